The number of benzene rings is 2. The second-order valence-corrected chi connectivity index (χ2v) is 7.57. The Morgan fingerprint density at radius 1 is 1.12 bits per heavy atom. The van der Waals surface area contributed by atoms with Crippen molar-refractivity contribution in [1.29, 1.82) is 0 Å². The molecule has 0 spiro atoms. The van der Waals surface area contributed by atoms with Crippen molar-refractivity contribution in [3.8, 4) is 22.8 Å². The van der Waals surface area contributed by atoms with Crippen LogP contribution in [0.2, 0.25) is 0 Å². The summed E-state index contributed by atoms with van der Waals surface area (Å²) >= 11 is 0. The lowest BCUT2D eigenvalue weighted by atomic mass is 10.1. The number of aliphatic hydroxyl groups excluding tert-OH is 1. The number of carbonyl (C=O) groups excluding carboxylic acids is 1. The molecule has 33 heavy (non-hydrogen) atoms. The Hall–Kier alpha value is -3.73. The van der Waals surface area contributed by atoms with Crippen LogP contribution in [0.5, 0.6) is 0 Å². The average molecular weight is 461 g/mol. The van der Waals surface area contributed by atoms with Crippen LogP contribution in [0.1, 0.15) is 28.9 Å². The van der Waals surface area contributed by atoms with Crippen molar-refractivity contribution in [3.63, 3.8) is 0 Å². The van der Waals surface area contributed by atoms with Crippen LogP contribution in [0.15, 0.2) is 52.9 Å². The van der Waals surface area contributed by atoms with Gasteiger partial charge >= 0.3 is 6.18 Å². The Balaban J connectivity index is 1.80. The van der Waals surface area contributed by atoms with Gasteiger partial charge in [-0.25, -0.2) is 4.98 Å². The first kappa shape index (κ1) is 22.5. The van der Waals surface area contributed by atoms with E-state index < -0.39 is 28.7 Å². The maximum atomic E-state index is 13.2. The lowest BCUT2D eigenvalue weighted by Crippen LogP contribution is -2.40. The molecule has 1 aromatic heterocycles. The van der Waals surface area contributed by atoms with Crippen molar-refractivity contribution in [2.24, 2.45) is 0 Å². The highest BCUT2D eigenvalue weighted by molar-refractivity contribution is 5.99. The molecule has 1 aliphatic rings. The molecule has 1 aliphatic heterocycles. The molecule has 0 unspecified atom stereocenters. The van der Waals surface area contributed by atoms with E-state index in [2.05, 4.69) is 4.98 Å². The maximum Gasteiger partial charge on any atom is 0.416 e. The molecule has 1 N–H and O–H groups in total. The Kier molecular flexibility index (Phi) is 5.90. The van der Waals surface area contributed by atoms with Gasteiger partial charge < -0.3 is 14.4 Å². The number of hydrogen-bond acceptors (Lipinski definition) is 6. The van der Waals surface area contributed by atoms with Crippen LogP contribution in [-0.2, 0) is 6.18 Å². The monoisotopic (exact) mass is 461 g/mol. The maximum absolute atomic E-state index is 13.2. The fourth-order valence-corrected chi connectivity index (χ4v) is 3.62. The summed E-state index contributed by atoms with van der Waals surface area (Å²) in [6.07, 6.45) is -4.30. The van der Waals surface area contributed by atoms with Crippen molar-refractivity contribution < 1.29 is 32.4 Å². The molecule has 2 aromatic carbocycles. The Bertz CT molecular complexity index is 1180. The molecule has 8 nitrogen and oxygen atoms in total. The summed E-state index contributed by atoms with van der Waals surface area (Å²) in [5.41, 5.74) is -1.16. The highest BCUT2D eigenvalue weighted by Crippen LogP contribution is 2.37. The molecular weight excluding hydrogens is 443 g/mol. The first-order valence-electron chi connectivity index (χ1n) is 10.0. The smallest absolute Gasteiger partial charge is 0.416 e. The second-order valence-electron chi connectivity index (χ2n) is 7.57. The van der Waals surface area contributed by atoms with Gasteiger partial charge in [-0.15, -0.1) is 0 Å². The van der Waals surface area contributed by atoms with E-state index in [1.165, 1.54) is 29.2 Å². The highest BCUT2D eigenvalue weighted by atomic mass is 19.4. The molecule has 11 heteroatoms. The molecular formula is C22H18F3N3O5. The van der Waals surface area contributed by atoms with Gasteiger partial charge in [0.2, 0.25) is 5.89 Å². The summed E-state index contributed by atoms with van der Waals surface area (Å²) in [5, 5.41) is 21.3. The van der Waals surface area contributed by atoms with Gasteiger partial charge in [0.05, 0.1) is 22.2 Å². The molecule has 1 saturated heterocycles. The van der Waals surface area contributed by atoms with Gasteiger partial charge in [0.1, 0.15) is 0 Å². The van der Waals surface area contributed by atoms with Gasteiger partial charge in [-0.2, -0.15) is 13.2 Å². The topological polar surface area (TPSA) is 110 Å². The number of piperidine rings is 1. The molecule has 4 rings (SSSR count). The number of para-hydroxylation sites is 1. The van der Waals surface area contributed by atoms with Crippen LogP contribution in [0, 0.1) is 10.1 Å². The van der Waals surface area contributed by atoms with Crippen molar-refractivity contribution >= 4 is 11.6 Å². The van der Waals surface area contributed by atoms with Crippen LogP contribution in [0.25, 0.3) is 22.8 Å². The summed E-state index contributed by atoms with van der Waals surface area (Å²) < 4.78 is 44.4. The zero-order valence-electron chi connectivity index (χ0n) is 17.1. The zero-order valence-corrected chi connectivity index (χ0v) is 17.1. The molecule has 1 fully saturated rings. The first-order valence-corrected chi connectivity index (χ1v) is 10.0. The third kappa shape index (κ3) is 4.58. The van der Waals surface area contributed by atoms with E-state index in [0.717, 1.165) is 24.3 Å². The van der Waals surface area contributed by atoms with Gasteiger partial charge in [-0.1, -0.05) is 12.1 Å². The third-order valence-electron chi connectivity index (χ3n) is 5.39. The quantitative estimate of drug-likeness (QED) is 0.452. The van der Waals surface area contributed by atoms with E-state index in [0.29, 0.717) is 12.8 Å². The van der Waals surface area contributed by atoms with E-state index >= 15 is 0 Å². The fourth-order valence-electron chi connectivity index (χ4n) is 3.62. The third-order valence-corrected chi connectivity index (χ3v) is 5.39. The number of aliphatic hydroxyl groups is 1. The van der Waals surface area contributed by atoms with Crippen LogP contribution < -0.4 is 0 Å². The number of rotatable bonds is 4. The van der Waals surface area contributed by atoms with E-state index in [-0.39, 0.29) is 47.2 Å². The number of oxazole rings is 1. The summed E-state index contributed by atoms with van der Waals surface area (Å²) in [4.78, 5) is 29.8. The minimum atomic E-state index is -4.52. The van der Waals surface area contributed by atoms with Crippen molar-refractivity contribution in [3.05, 3.63) is 69.9 Å². The molecule has 0 bridgehead atoms. The minimum Gasteiger partial charge on any atom is -0.435 e. The van der Waals surface area contributed by atoms with E-state index in [4.69, 9.17) is 4.42 Å². The number of alkyl halides is 3. The lowest BCUT2D eigenvalue weighted by molar-refractivity contribution is -0.384. The van der Waals surface area contributed by atoms with Crippen LogP contribution >= 0.6 is 0 Å². The molecule has 0 saturated carbocycles. The minimum absolute atomic E-state index is 0.0218. The summed E-state index contributed by atoms with van der Waals surface area (Å²) in [5.74, 6) is -0.831. The fraction of sp³-hybridized carbons (Fsp3) is 0.273. The van der Waals surface area contributed by atoms with Crippen LogP contribution in [-0.4, -0.2) is 45.0 Å². The van der Waals surface area contributed by atoms with Gasteiger partial charge in [0, 0.05) is 24.7 Å². The predicted octanol–water partition coefficient (Wildman–Crippen LogP) is 4.53. The SMILES string of the molecule is O=C(c1nc(-c2ccc(C(F)(F)F)cc2)oc1-c1ccccc1[N+](=O)[O-])N1CCC(O)CC1. The number of nitro groups is 1. The highest BCUT2D eigenvalue weighted by Gasteiger charge is 2.33. The van der Waals surface area contributed by atoms with Crippen molar-refractivity contribution in [1.82, 2.24) is 9.88 Å². The summed E-state index contributed by atoms with van der Waals surface area (Å²) in [6.45, 7) is 0.525. The van der Waals surface area contributed by atoms with Crippen LogP contribution in [0.4, 0.5) is 18.9 Å². The van der Waals surface area contributed by atoms with E-state index in [1.807, 2.05) is 0 Å². The number of carbonyl (C=O) groups is 1. The molecule has 0 aliphatic carbocycles. The standard InChI is InChI=1S/C22H18F3N3O5/c23-22(24,25)14-7-5-13(6-8-14)20-26-18(21(30)27-11-9-15(29)10-12-27)19(33-20)16-3-1-2-4-17(16)28(31)32/h1-8,15,29H,9-12H2. The molecule has 3 aromatic rings. The van der Waals surface area contributed by atoms with E-state index in [1.54, 1.807) is 0 Å². The average Bonchev–Trinajstić information content (AvgIpc) is 3.24. The Labute approximate surface area is 185 Å². The summed E-state index contributed by atoms with van der Waals surface area (Å²) in [7, 11) is 0. The number of likely N-dealkylation sites (tertiary alicyclic amines) is 1. The Morgan fingerprint density at radius 2 is 1.76 bits per heavy atom. The molecule has 172 valence electrons. The molecule has 2 heterocycles. The largest absolute Gasteiger partial charge is 0.435 e. The first-order chi connectivity index (χ1) is 15.6. The number of amides is 1. The molecule has 0 atom stereocenters. The van der Waals surface area contributed by atoms with Crippen molar-refractivity contribution in [2.45, 2.75) is 25.1 Å². The van der Waals surface area contributed by atoms with Gasteiger partial charge in [-0.05, 0) is 43.2 Å². The number of aromatic nitrogens is 1. The number of nitrogens with zero attached hydrogens (tertiary/aromatic N) is 3. The number of hydrogen-bond donors (Lipinski definition) is 1. The lowest BCUT2D eigenvalue weighted by Gasteiger charge is -2.29. The second kappa shape index (κ2) is 8.66. The number of nitro benzene ring substituents is 1. The predicted molar refractivity (Wildman–Crippen MR) is 110 cm³/mol. The zero-order chi connectivity index (χ0) is 23.8. The van der Waals surface area contributed by atoms with Gasteiger partial charge in [0.15, 0.2) is 11.5 Å². The summed E-state index contributed by atoms with van der Waals surface area (Å²) in [6, 6.07) is 9.69. The van der Waals surface area contributed by atoms with Crippen LogP contribution in [0.3, 0.4) is 0 Å². The van der Waals surface area contributed by atoms with Gasteiger partial charge in [0.25, 0.3) is 11.6 Å². The van der Waals surface area contributed by atoms with Crippen molar-refractivity contribution in [2.75, 3.05) is 13.1 Å². The van der Waals surface area contributed by atoms with E-state index in [9.17, 15) is 33.2 Å². The molecule has 1 amide bonds. The number of halogens is 3. The Morgan fingerprint density at radius 3 is 2.36 bits per heavy atom. The molecule has 0 radical (unpaired) electrons. The van der Waals surface area contributed by atoms with Gasteiger partial charge in [-0.3, -0.25) is 14.9 Å². The normalized spacial score (nSPS) is 15.0.